The van der Waals surface area contributed by atoms with E-state index in [4.69, 9.17) is 21.1 Å². The highest BCUT2D eigenvalue weighted by atomic mass is 35.5. The van der Waals surface area contributed by atoms with Crippen LogP contribution < -0.4 is 20.1 Å². The molecule has 0 atom stereocenters. The van der Waals surface area contributed by atoms with Gasteiger partial charge >= 0.3 is 0 Å². The number of carbonyl (C=O) groups excluding carboxylic acids is 1. The van der Waals surface area contributed by atoms with Crippen LogP contribution in [0.25, 0.3) is 0 Å². The van der Waals surface area contributed by atoms with E-state index in [1.54, 1.807) is 12.1 Å². The number of ether oxygens (including phenoxy) is 2. The first-order chi connectivity index (χ1) is 10.1. The summed E-state index contributed by atoms with van der Waals surface area (Å²) in [4.78, 5) is 12.7. The van der Waals surface area contributed by atoms with Gasteiger partial charge in [0.25, 0.3) is 0 Å². The number of hydrogen-bond acceptors (Lipinski definition) is 4. The molecule has 0 aliphatic carbocycles. The molecule has 114 valence electrons. The van der Waals surface area contributed by atoms with Crippen molar-refractivity contribution in [3.63, 3.8) is 0 Å². The number of nitrogens with one attached hydrogen (secondary N) is 2. The second-order valence-corrected chi connectivity index (χ2v) is 5.93. The van der Waals surface area contributed by atoms with Crippen LogP contribution in [0.4, 0.5) is 5.69 Å². The van der Waals surface area contributed by atoms with Gasteiger partial charge in [0.05, 0.1) is 16.1 Å². The van der Waals surface area contributed by atoms with Gasteiger partial charge in [0, 0.05) is 12.1 Å². The van der Waals surface area contributed by atoms with Crippen LogP contribution in [0.5, 0.6) is 11.5 Å². The highest BCUT2D eigenvalue weighted by Crippen LogP contribution is 2.40. The van der Waals surface area contributed by atoms with Crippen molar-refractivity contribution in [1.82, 2.24) is 5.32 Å². The lowest BCUT2D eigenvalue weighted by Crippen LogP contribution is -2.44. The van der Waals surface area contributed by atoms with E-state index >= 15 is 0 Å². The third kappa shape index (κ3) is 2.68. The summed E-state index contributed by atoms with van der Waals surface area (Å²) in [6, 6.07) is 3.41. The van der Waals surface area contributed by atoms with E-state index in [9.17, 15) is 4.79 Å². The van der Waals surface area contributed by atoms with Crippen molar-refractivity contribution >= 4 is 23.2 Å². The molecule has 0 bridgehead atoms. The van der Waals surface area contributed by atoms with Crippen LogP contribution in [-0.2, 0) is 4.79 Å². The Morgan fingerprint density at radius 1 is 1.33 bits per heavy atom. The fourth-order valence-electron chi connectivity index (χ4n) is 2.91. The van der Waals surface area contributed by atoms with Crippen LogP contribution >= 0.6 is 11.6 Å². The van der Waals surface area contributed by atoms with Gasteiger partial charge in [-0.1, -0.05) is 18.5 Å². The zero-order chi connectivity index (χ0) is 14.9. The number of halogens is 1. The van der Waals surface area contributed by atoms with Crippen LogP contribution in [0, 0.1) is 5.41 Å². The number of anilines is 1. The Morgan fingerprint density at radius 3 is 2.67 bits per heavy atom. The maximum Gasteiger partial charge on any atom is 0.231 e. The Labute approximate surface area is 128 Å². The van der Waals surface area contributed by atoms with Crippen LogP contribution in [0.1, 0.15) is 26.2 Å². The molecule has 1 amide bonds. The quantitative estimate of drug-likeness (QED) is 0.901. The molecule has 0 unspecified atom stereocenters. The van der Waals surface area contributed by atoms with E-state index in [0.717, 1.165) is 32.4 Å². The molecule has 2 N–H and O–H groups in total. The largest absolute Gasteiger partial charge is 0.454 e. The van der Waals surface area contributed by atoms with E-state index < -0.39 is 0 Å². The van der Waals surface area contributed by atoms with Crippen molar-refractivity contribution in [2.24, 2.45) is 5.41 Å². The molecule has 1 aromatic carbocycles. The molecule has 2 aliphatic heterocycles. The summed E-state index contributed by atoms with van der Waals surface area (Å²) in [6.45, 7) is 3.99. The van der Waals surface area contributed by atoms with Crippen molar-refractivity contribution in [3.8, 4) is 11.5 Å². The predicted molar refractivity (Wildman–Crippen MR) is 81.0 cm³/mol. The summed E-state index contributed by atoms with van der Waals surface area (Å²) in [5, 5.41) is 6.73. The Kier molecular flexibility index (Phi) is 3.95. The van der Waals surface area contributed by atoms with E-state index in [1.165, 1.54) is 0 Å². The number of hydrogen-bond donors (Lipinski definition) is 2. The number of rotatable bonds is 3. The molecule has 1 fully saturated rings. The highest BCUT2D eigenvalue weighted by Gasteiger charge is 2.38. The molecule has 6 heteroatoms. The average Bonchev–Trinajstić information content (AvgIpc) is 2.95. The lowest BCUT2D eigenvalue weighted by molar-refractivity contribution is -0.127. The molecule has 3 rings (SSSR count). The zero-order valence-electron chi connectivity index (χ0n) is 12.0. The number of benzene rings is 1. The van der Waals surface area contributed by atoms with E-state index in [2.05, 4.69) is 17.6 Å². The monoisotopic (exact) mass is 310 g/mol. The number of carbonyl (C=O) groups is 1. The lowest BCUT2D eigenvalue weighted by Gasteiger charge is -2.35. The normalized spacial score (nSPS) is 19.3. The van der Waals surface area contributed by atoms with Gasteiger partial charge in [-0.15, -0.1) is 0 Å². The fourth-order valence-corrected chi connectivity index (χ4v) is 3.12. The molecular formula is C15H19ClN2O3. The van der Waals surface area contributed by atoms with Gasteiger partial charge in [-0.3, -0.25) is 4.79 Å². The minimum Gasteiger partial charge on any atom is -0.454 e. The summed E-state index contributed by atoms with van der Waals surface area (Å²) in [5.74, 6) is 1.27. The smallest absolute Gasteiger partial charge is 0.231 e. The van der Waals surface area contributed by atoms with E-state index in [-0.39, 0.29) is 18.1 Å². The molecule has 0 saturated carbocycles. The van der Waals surface area contributed by atoms with Crippen LogP contribution in [0.3, 0.4) is 0 Å². The molecule has 0 spiro atoms. The van der Waals surface area contributed by atoms with Crippen molar-refractivity contribution in [2.45, 2.75) is 26.2 Å². The van der Waals surface area contributed by atoms with E-state index in [0.29, 0.717) is 22.2 Å². The Balaban J connectivity index is 1.81. The Bertz CT molecular complexity index is 556. The number of piperidine rings is 1. The van der Waals surface area contributed by atoms with Crippen molar-refractivity contribution in [3.05, 3.63) is 17.2 Å². The first-order valence-electron chi connectivity index (χ1n) is 7.26. The van der Waals surface area contributed by atoms with Gasteiger partial charge < -0.3 is 20.1 Å². The second kappa shape index (κ2) is 5.73. The molecular weight excluding hydrogens is 292 g/mol. The Morgan fingerprint density at radius 2 is 2.00 bits per heavy atom. The fraction of sp³-hybridized carbons (Fsp3) is 0.533. The summed E-state index contributed by atoms with van der Waals surface area (Å²) >= 11 is 6.22. The molecule has 0 radical (unpaired) electrons. The predicted octanol–water partition coefficient (Wildman–Crippen LogP) is 2.79. The second-order valence-electron chi connectivity index (χ2n) is 5.52. The van der Waals surface area contributed by atoms with Gasteiger partial charge in [-0.2, -0.15) is 0 Å². The van der Waals surface area contributed by atoms with Gasteiger partial charge in [-0.25, -0.2) is 0 Å². The minimum atomic E-state index is -0.315. The molecule has 2 heterocycles. The summed E-state index contributed by atoms with van der Waals surface area (Å²) in [7, 11) is 0. The first kappa shape index (κ1) is 14.5. The number of amides is 1. The Hall–Kier alpha value is -1.46. The minimum absolute atomic E-state index is 0.0345. The third-order valence-electron chi connectivity index (χ3n) is 4.43. The summed E-state index contributed by atoms with van der Waals surface area (Å²) in [6.07, 6.45) is 2.51. The summed E-state index contributed by atoms with van der Waals surface area (Å²) < 4.78 is 10.6. The topological polar surface area (TPSA) is 59.6 Å². The van der Waals surface area contributed by atoms with Crippen LogP contribution in [0.15, 0.2) is 12.1 Å². The molecule has 0 aromatic heterocycles. The van der Waals surface area contributed by atoms with Crippen molar-refractivity contribution in [1.29, 1.82) is 0 Å². The van der Waals surface area contributed by atoms with E-state index in [1.807, 2.05) is 0 Å². The molecule has 1 aromatic rings. The highest BCUT2D eigenvalue weighted by molar-refractivity contribution is 6.34. The molecule has 5 nitrogen and oxygen atoms in total. The van der Waals surface area contributed by atoms with Gasteiger partial charge in [0.1, 0.15) is 0 Å². The standard InChI is InChI=1S/C15H19ClN2O3/c1-2-15(3-5-17-6-4-15)14(19)18-11-8-13-12(7-10(11)16)20-9-21-13/h7-8,17H,2-6,9H2,1H3,(H,18,19). The first-order valence-corrected chi connectivity index (χ1v) is 7.64. The van der Waals surface area contributed by atoms with Gasteiger partial charge in [0.15, 0.2) is 11.5 Å². The number of fused-ring (bicyclic) bond motifs is 1. The van der Waals surface area contributed by atoms with Crippen LogP contribution in [-0.4, -0.2) is 25.8 Å². The van der Waals surface area contributed by atoms with Gasteiger partial charge in [0.2, 0.25) is 12.7 Å². The molecule has 1 saturated heterocycles. The lowest BCUT2D eigenvalue weighted by atomic mass is 9.76. The molecule has 2 aliphatic rings. The average molecular weight is 311 g/mol. The zero-order valence-corrected chi connectivity index (χ0v) is 12.8. The third-order valence-corrected chi connectivity index (χ3v) is 4.74. The van der Waals surface area contributed by atoms with Gasteiger partial charge in [-0.05, 0) is 32.4 Å². The summed E-state index contributed by atoms with van der Waals surface area (Å²) in [5.41, 5.74) is 0.266. The molecule has 21 heavy (non-hydrogen) atoms. The maximum atomic E-state index is 12.7. The van der Waals surface area contributed by atoms with Crippen LogP contribution in [0.2, 0.25) is 5.02 Å². The SMILES string of the molecule is CCC1(C(=O)Nc2cc3c(cc2Cl)OCO3)CCNCC1. The maximum absolute atomic E-state index is 12.7. The van der Waals surface area contributed by atoms with Crippen molar-refractivity contribution < 1.29 is 14.3 Å². The van der Waals surface area contributed by atoms with Crippen molar-refractivity contribution in [2.75, 3.05) is 25.2 Å².